The third-order valence-corrected chi connectivity index (χ3v) is 7.04. The van der Waals surface area contributed by atoms with Crippen molar-refractivity contribution < 1.29 is 14.2 Å². The smallest absolute Gasteiger partial charge is 0.253 e. The molecule has 1 saturated carbocycles. The molecular formula is C24H26N4O3. The number of likely N-dealkylation sites (tertiary alicyclic amines) is 1. The van der Waals surface area contributed by atoms with Crippen LogP contribution in [-0.4, -0.2) is 52.1 Å². The van der Waals surface area contributed by atoms with Gasteiger partial charge < -0.3 is 9.80 Å². The number of piperidine rings is 1. The molecule has 2 aliphatic rings. The predicted octanol–water partition coefficient (Wildman–Crippen LogP) is 3.43. The Bertz CT molecular complexity index is 1150. The van der Waals surface area contributed by atoms with Crippen molar-refractivity contribution in [2.24, 2.45) is 11.3 Å². The van der Waals surface area contributed by atoms with Crippen molar-refractivity contribution in [3.05, 3.63) is 59.4 Å². The summed E-state index contributed by atoms with van der Waals surface area (Å²) in [6, 6.07) is 14.0. The van der Waals surface area contributed by atoms with E-state index in [4.69, 9.17) is 4.63 Å². The Balaban J connectivity index is 1.20. The minimum absolute atomic E-state index is 0.0376. The predicted molar refractivity (Wildman–Crippen MR) is 115 cm³/mol. The van der Waals surface area contributed by atoms with Crippen molar-refractivity contribution >= 4 is 22.6 Å². The first kappa shape index (κ1) is 19.7. The number of amides is 2. The van der Waals surface area contributed by atoms with E-state index in [9.17, 15) is 9.59 Å². The third kappa shape index (κ3) is 3.58. The van der Waals surface area contributed by atoms with Gasteiger partial charge in [0.25, 0.3) is 5.91 Å². The second kappa shape index (κ2) is 7.48. The van der Waals surface area contributed by atoms with Crippen LogP contribution in [0.3, 0.4) is 0 Å². The highest BCUT2D eigenvalue weighted by Gasteiger charge is 2.59. The van der Waals surface area contributed by atoms with Gasteiger partial charge in [-0.1, -0.05) is 40.6 Å². The SMILES string of the molecule is Cc1nonc1CN(C)C(=O)C1CC12CCN(C(=O)c1ccc3ccccc3c1)CC2. The average Bonchev–Trinajstić information content (AvgIpc) is 3.34. The molecule has 1 aromatic heterocycles. The number of aryl methyl sites for hydroxylation is 1. The summed E-state index contributed by atoms with van der Waals surface area (Å²) >= 11 is 0. The summed E-state index contributed by atoms with van der Waals surface area (Å²) in [5.74, 6) is 0.266. The molecule has 5 rings (SSSR count). The van der Waals surface area contributed by atoms with Crippen LogP contribution in [-0.2, 0) is 11.3 Å². The van der Waals surface area contributed by atoms with Crippen molar-refractivity contribution in [1.82, 2.24) is 20.1 Å². The highest BCUT2D eigenvalue weighted by atomic mass is 16.6. The Morgan fingerprint density at radius 1 is 1.13 bits per heavy atom. The van der Waals surface area contributed by atoms with E-state index in [-0.39, 0.29) is 23.1 Å². The van der Waals surface area contributed by atoms with Crippen LogP contribution in [0.4, 0.5) is 0 Å². The number of hydrogen-bond donors (Lipinski definition) is 0. The lowest BCUT2D eigenvalue weighted by Gasteiger charge is -2.33. The summed E-state index contributed by atoms with van der Waals surface area (Å²) < 4.78 is 4.73. The first-order valence-corrected chi connectivity index (χ1v) is 10.8. The summed E-state index contributed by atoms with van der Waals surface area (Å²) in [4.78, 5) is 29.6. The molecule has 0 N–H and O–H groups in total. The van der Waals surface area contributed by atoms with E-state index in [0.717, 1.165) is 35.6 Å². The van der Waals surface area contributed by atoms with Crippen molar-refractivity contribution in [2.45, 2.75) is 32.7 Å². The molecule has 1 spiro atoms. The van der Waals surface area contributed by atoms with Crippen LogP contribution in [0.5, 0.6) is 0 Å². The highest BCUT2D eigenvalue weighted by molar-refractivity contribution is 5.98. The average molecular weight is 418 g/mol. The monoisotopic (exact) mass is 418 g/mol. The zero-order valence-electron chi connectivity index (χ0n) is 17.9. The number of nitrogens with zero attached hydrogens (tertiary/aromatic N) is 4. The van der Waals surface area contributed by atoms with E-state index in [1.54, 1.807) is 11.9 Å². The summed E-state index contributed by atoms with van der Waals surface area (Å²) in [6.45, 7) is 3.63. The van der Waals surface area contributed by atoms with E-state index < -0.39 is 0 Å². The molecule has 0 radical (unpaired) electrons. The summed E-state index contributed by atoms with van der Waals surface area (Å²) in [5.41, 5.74) is 2.18. The van der Waals surface area contributed by atoms with Gasteiger partial charge in [-0.15, -0.1) is 0 Å². The van der Waals surface area contributed by atoms with Gasteiger partial charge in [0, 0.05) is 31.6 Å². The van der Waals surface area contributed by atoms with Gasteiger partial charge >= 0.3 is 0 Å². The fraction of sp³-hybridized carbons (Fsp3) is 0.417. The molecule has 7 nitrogen and oxygen atoms in total. The lowest BCUT2D eigenvalue weighted by Crippen LogP contribution is -2.40. The first-order chi connectivity index (χ1) is 15.0. The lowest BCUT2D eigenvalue weighted by atomic mass is 9.90. The fourth-order valence-electron chi connectivity index (χ4n) is 4.87. The number of carbonyl (C=O) groups is 2. The number of hydrogen-bond acceptors (Lipinski definition) is 5. The van der Waals surface area contributed by atoms with Gasteiger partial charge in [0.15, 0.2) is 0 Å². The van der Waals surface area contributed by atoms with Crippen LogP contribution >= 0.6 is 0 Å². The minimum atomic E-state index is 0.0376. The fourth-order valence-corrected chi connectivity index (χ4v) is 4.87. The molecule has 7 heteroatoms. The summed E-state index contributed by atoms with van der Waals surface area (Å²) in [6.07, 6.45) is 2.66. The molecule has 0 bridgehead atoms. The normalized spacial score (nSPS) is 19.5. The molecule has 2 fully saturated rings. The Kier molecular flexibility index (Phi) is 4.76. The topological polar surface area (TPSA) is 79.5 Å². The van der Waals surface area contributed by atoms with Crippen molar-refractivity contribution in [3.8, 4) is 0 Å². The number of fused-ring (bicyclic) bond motifs is 1. The van der Waals surface area contributed by atoms with E-state index >= 15 is 0 Å². The van der Waals surface area contributed by atoms with E-state index in [1.165, 1.54) is 0 Å². The quantitative estimate of drug-likeness (QED) is 0.649. The zero-order valence-corrected chi connectivity index (χ0v) is 17.9. The van der Waals surface area contributed by atoms with Crippen molar-refractivity contribution in [3.63, 3.8) is 0 Å². The number of carbonyl (C=O) groups excluding carboxylic acids is 2. The van der Waals surface area contributed by atoms with Crippen LogP contribution in [0.25, 0.3) is 10.8 Å². The second-order valence-electron chi connectivity index (χ2n) is 8.96. The molecule has 2 heterocycles. The molecule has 1 aliphatic carbocycles. The van der Waals surface area contributed by atoms with E-state index in [1.807, 2.05) is 48.2 Å². The van der Waals surface area contributed by atoms with Crippen molar-refractivity contribution in [1.29, 1.82) is 0 Å². The maximum absolute atomic E-state index is 13.0. The first-order valence-electron chi connectivity index (χ1n) is 10.8. The van der Waals surface area contributed by atoms with Crippen LogP contribution in [0.1, 0.15) is 41.0 Å². The molecule has 31 heavy (non-hydrogen) atoms. The Labute approximate surface area is 181 Å². The maximum Gasteiger partial charge on any atom is 0.253 e. The number of benzene rings is 2. The van der Waals surface area contributed by atoms with Gasteiger partial charge in [0.05, 0.1) is 6.54 Å². The standard InChI is InChI=1S/C24H26N4O3/c1-16-21(26-31-25-16)15-27(2)23(30)20-14-24(20)9-11-28(12-10-24)22(29)19-8-7-17-5-3-4-6-18(17)13-19/h3-8,13,20H,9-12,14-15H2,1-2H3. The minimum Gasteiger partial charge on any atom is -0.339 e. The Morgan fingerprint density at radius 2 is 1.87 bits per heavy atom. The van der Waals surface area contributed by atoms with Gasteiger partial charge in [-0.05, 0) is 54.5 Å². The van der Waals surface area contributed by atoms with Crippen LogP contribution in [0.2, 0.25) is 0 Å². The van der Waals surface area contributed by atoms with Gasteiger partial charge in [-0.2, -0.15) is 0 Å². The molecule has 1 aliphatic heterocycles. The van der Waals surface area contributed by atoms with Gasteiger partial charge in [-0.3, -0.25) is 9.59 Å². The summed E-state index contributed by atoms with van der Waals surface area (Å²) in [5, 5.41) is 9.87. The Hall–Kier alpha value is -3.22. The number of aromatic nitrogens is 2. The molecule has 1 unspecified atom stereocenters. The van der Waals surface area contributed by atoms with Gasteiger partial charge in [0.2, 0.25) is 5.91 Å². The Morgan fingerprint density at radius 3 is 2.58 bits per heavy atom. The molecule has 2 aromatic carbocycles. The molecule has 3 aromatic rings. The third-order valence-electron chi connectivity index (χ3n) is 7.04. The van der Waals surface area contributed by atoms with E-state index in [0.29, 0.717) is 31.0 Å². The molecular weight excluding hydrogens is 392 g/mol. The van der Waals surface area contributed by atoms with E-state index in [2.05, 4.69) is 16.4 Å². The maximum atomic E-state index is 13.0. The molecule has 160 valence electrons. The van der Waals surface area contributed by atoms with Gasteiger partial charge in [-0.25, -0.2) is 4.63 Å². The molecule has 1 saturated heterocycles. The summed E-state index contributed by atoms with van der Waals surface area (Å²) in [7, 11) is 1.81. The number of rotatable bonds is 4. The van der Waals surface area contributed by atoms with Gasteiger partial charge in [0.1, 0.15) is 11.4 Å². The van der Waals surface area contributed by atoms with Crippen LogP contribution < -0.4 is 0 Å². The van der Waals surface area contributed by atoms with Crippen molar-refractivity contribution in [2.75, 3.05) is 20.1 Å². The molecule has 1 atom stereocenters. The largest absolute Gasteiger partial charge is 0.339 e. The highest BCUT2D eigenvalue weighted by Crippen LogP contribution is 2.60. The van der Waals surface area contributed by atoms with Crippen LogP contribution in [0.15, 0.2) is 47.1 Å². The van der Waals surface area contributed by atoms with Crippen LogP contribution in [0, 0.1) is 18.3 Å². The second-order valence-corrected chi connectivity index (χ2v) is 8.96. The molecule has 2 amide bonds. The zero-order chi connectivity index (χ0) is 21.6. The lowest BCUT2D eigenvalue weighted by molar-refractivity contribution is -0.133.